The highest BCUT2D eigenvalue weighted by Gasteiger charge is 2.29. The number of aliphatic carboxylic acids is 1. The minimum atomic E-state index is -0.785. The van der Waals surface area contributed by atoms with Crippen LogP contribution in [0.25, 0.3) is 0 Å². The number of nitrogens with zero attached hydrogens (tertiary/aromatic N) is 1. The van der Waals surface area contributed by atoms with Crippen molar-refractivity contribution in [1.82, 2.24) is 10.2 Å². The van der Waals surface area contributed by atoms with Crippen LogP contribution in [0.3, 0.4) is 0 Å². The highest BCUT2D eigenvalue weighted by Crippen LogP contribution is 2.17. The number of rotatable bonds is 5. The van der Waals surface area contributed by atoms with E-state index in [4.69, 9.17) is 16.7 Å². The number of carboxylic acids is 1. The number of hydrogen-bond donors (Lipinski definition) is 2. The molecule has 2 N–H and O–H groups in total. The predicted octanol–water partition coefficient (Wildman–Crippen LogP) is 1.92. The fourth-order valence-electron chi connectivity index (χ4n) is 2.50. The second-order valence-corrected chi connectivity index (χ2v) is 5.84. The second kappa shape index (κ2) is 6.91. The zero-order valence-corrected chi connectivity index (χ0v) is 12.6. The molecular formula is C15H19ClN2O3. The number of amides is 1. The van der Waals surface area contributed by atoms with E-state index in [2.05, 4.69) is 5.32 Å². The maximum absolute atomic E-state index is 12.0. The lowest BCUT2D eigenvalue weighted by Gasteiger charge is -2.18. The van der Waals surface area contributed by atoms with E-state index in [0.717, 1.165) is 5.56 Å². The molecule has 1 heterocycles. The van der Waals surface area contributed by atoms with E-state index < -0.39 is 5.97 Å². The third-order valence-electron chi connectivity index (χ3n) is 3.74. The molecule has 0 bridgehead atoms. The second-order valence-electron chi connectivity index (χ2n) is 5.40. The van der Waals surface area contributed by atoms with Crippen LogP contribution in [0.15, 0.2) is 24.3 Å². The fourth-order valence-corrected chi connectivity index (χ4v) is 2.63. The Morgan fingerprint density at radius 2 is 2.10 bits per heavy atom. The summed E-state index contributed by atoms with van der Waals surface area (Å²) >= 11 is 5.83. The van der Waals surface area contributed by atoms with Crippen LogP contribution < -0.4 is 5.32 Å². The van der Waals surface area contributed by atoms with Crippen molar-refractivity contribution in [2.75, 3.05) is 19.6 Å². The van der Waals surface area contributed by atoms with Gasteiger partial charge in [0.2, 0.25) is 5.91 Å². The van der Waals surface area contributed by atoms with Gasteiger partial charge in [-0.05, 0) is 37.6 Å². The molecule has 2 unspecified atom stereocenters. The molecule has 5 nitrogen and oxygen atoms in total. The summed E-state index contributed by atoms with van der Waals surface area (Å²) in [5.74, 6) is -1.23. The molecule has 1 aliphatic rings. The van der Waals surface area contributed by atoms with E-state index in [9.17, 15) is 9.59 Å². The van der Waals surface area contributed by atoms with Crippen molar-refractivity contribution in [2.45, 2.75) is 19.4 Å². The van der Waals surface area contributed by atoms with Crippen LogP contribution in [-0.2, 0) is 9.59 Å². The molecule has 2 atom stereocenters. The Labute approximate surface area is 128 Å². The molecule has 0 spiro atoms. The number of likely N-dealkylation sites (tertiary alicyclic amines) is 1. The number of hydrogen-bond acceptors (Lipinski definition) is 3. The summed E-state index contributed by atoms with van der Waals surface area (Å²) < 4.78 is 0. The van der Waals surface area contributed by atoms with Gasteiger partial charge in [0, 0.05) is 11.6 Å². The van der Waals surface area contributed by atoms with Crippen LogP contribution in [0, 0.1) is 5.92 Å². The topological polar surface area (TPSA) is 69.6 Å². The van der Waals surface area contributed by atoms with Crippen molar-refractivity contribution in [3.8, 4) is 0 Å². The lowest BCUT2D eigenvalue weighted by Crippen LogP contribution is -2.37. The summed E-state index contributed by atoms with van der Waals surface area (Å²) in [5, 5.41) is 12.5. The van der Waals surface area contributed by atoms with Gasteiger partial charge in [0.05, 0.1) is 18.5 Å². The Morgan fingerprint density at radius 1 is 1.43 bits per heavy atom. The minimum absolute atomic E-state index is 0.0940. The Bertz CT molecular complexity index is 518. The third kappa shape index (κ3) is 4.44. The number of carboxylic acid groups (broad SMARTS) is 1. The van der Waals surface area contributed by atoms with E-state index in [1.165, 1.54) is 0 Å². The van der Waals surface area contributed by atoms with Gasteiger partial charge < -0.3 is 10.4 Å². The third-order valence-corrected chi connectivity index (χ3v) is 3.99. The fraction of sp³-hybridized carbons (Fsp3) is 0.467. The quantitative estimate of drug-likeness (QED) is 0.872. The molecule has 114 valence electrons. The molecule has 1 aromatic carbocycles. The summed E-state index contributed by atoms with van der Waals surface area (Å²) in [6.45, 7) is 3.24. The summed E-state index contributed by atoms with van der Waals surface area (Å²) in [6.07, 6.45) is 0.606. The van der Waals surface area contributed by atoms with Crippen LogP contribution in [0.1, 0.15) is 24.9 Å². The lowest BCUT2D eigenvalue weighted by atomic mass is 10.1. The van der Waals surface area contributed by atoms with Gasteiger partial charge >= 0.3 is 5.97 Å². The van der Waals surface area contributed by atoms with Gasteiger partial charge in [-0.2, -0.15) is 0 Å². The van der Waals surface area contributed by atoms with Crippen molar-refractivity contribution in [3.63, 3.8) is 0 Å². The van der Waals surface area contributed by atoms with Crippen molar-refractivity contribution in [1.29, 1.82) is 0 Å². The van der Waals surface area contributed by atoms with Crippen LogP contribution in [0.2, 0.25) is 5.02 Å². The summed E-state index contributed by atoms with van der Waals surface area (Å²) in [5.41, 5.74) is 0.984. The summed E-state index contributed by atoms with van der Waals surface area (Å²) in [4.78, 5) is 24.8. The molecule has 0 radical (unpaired) electrons. The zero-order chi connectivity index (χ0) is 15.4. The molecule has 0 saturated carbocycles. The molecule has 6 heteroatoms. The van der Waals surface area contributed by atoms with Crippen molar-refractivity contribution < 1.29 is 14.7 Å². The number of carbonyl (C=O) groups is 2. The molecule has 1 saturated heterocycles. The van der Waals surface area contributed by atoms with Gasteiger partial charge in [-0.15, -0.1) is 0 Å². The standard InChI is InChI=1S/C15H19ClN2O3/c1-10(11-2-4-13(16)5-3-11)17-14(19)9-18-7-6-12(8-18)15(20)21/h2-5,10,12H,6-9H2,1H3,(H,17,19)(H,20,21). The number of benzene rings is 1. The predicted molar refractivity (Wildman–Crippen MR) is 80.2 cm³/mol. The van der Waals surface area contributed by atoms with E-state index in [1.54, 1.807) is 12.1 Å². The van der Waals surface area contributed by atoms with E-state index >= 15 is 0 Å². The van der Waals surface area contributed by atoms with E-state index in [0.29, 0.717) is 24.5 Å². The normalized spacial score (nSPS) is 20.2. The SMILES string of the molecule is CC(NC(=O)CN1CCC(C(=O)O)C1)c1ccc(Cl)cc1. The first-order valence-electron chi connectivity index (χ1n) is 6.95. The van der Waals surface area contributed by atoms with Crippen LogP contribution in [0.5, 0.6) is 0 Å². The van der Waals surface area contributed by atoms with Crippen LogP contribution >= 0.6 is 11.6 Å². The highest BCUT2D eigenvalue weighted by molar-refractivity contribution is 6.30. The zero-order valence-electron chi connectivity index (χ0n) is 11.9. The van der Waals surface area contributed by atoms with Crippen molar-refractivity contribution in [3.05, 3.63) is 34.9 Å². The first-order valence-corrected chi connectivity index (χ1v) is 7.33. The van der Waals surface area contributed by atoms with Crippen LogP contribution in [0.4, 0.5) is 0 Å². The average Bonchev–Trinajstić information content (AvgIpc) is 2.87. The maximum atomic E-state index is 12.0. The molecule has 1 aromatic rings. The minimum Gasteiger partial charge on any atom is -0.481 e. The highest BCUT2D eigenvalue weighted by atomic mass is 35.5. The summed E-state index contributed by atoms with van der Waals surface area (Å²) in [7, 11) is 0. The first kappa shape index (κ1) is 15.8. The molecule has 1 aliphatic heterocycles. The van der Waals surface area contributed by atoms with E-state index in [-0.39, 0.29) is 24.4 Å². The van der Waals surface area contributed by atoms with Gasteiger partial charge in [0.25, 0.3) is 0 Å². The summed E-state index contributed by atoms with van der Waals surface area (Å²) in [6, 6.07) is 7.23. The van der Waals surface area contributed by atoms with Gasteiger partial charge in [0.1, 0.15) is 0 Å². The number of nitrogens with one attached hydrogen (secondary N) is 1. The Hall–Kier alpha value is -1.59. The smallest absolute Gasteiger partial charge is 0.307 e. The maximum Gasteiger partial charge on any atom is 0.307 e. The van der Waals surface area contributed by atoms with Gasteiger partial charge in [-0.3, -0.25) is 14.5 Å². The number of carbonyl (C=O) groups excluding carboxylic acids is 1. The molecule has 2 rings (SSSR count). The Balaban J connectivity index is 1.82. The average molecular weight is 311 g/mol. The van der Waals surface area contributed by atoms with Gasteiger partial charge in [0.15, 0.2) is 0 Å². The molecule has 0 aromatic heterocycles. The first-order chi connectivity index (χ1) is 9.95. The number of halogens is 1. The van der Waals surface area contributed by atoms with Gasteiger partial charge in [-0.1, -0.05) is 23.7 Å². The monoisotopic (exact) mass is 310 g/mol. The molecule has 1 fully saturated rings. The van der Waals surface area contributed by atoms with Crippen LogP contribution in [-0.4, -0.2) is 41.5 Å². The largest absolute Gasteiger partial charge is 0.481 e. The Kier molecular flexibility index (Phi) is 5.20. The Morgan fingerprint density at radius 3 is 2.67 bits per heavy atom. The molecular weight excluding hydrogens is 292 g/mol. The van der Waals surface area contributed by atoms with E-state index in [1.807, 2.05) is 24.0 Å². The lowest BCUT2D eigenvalue weighted by molar-refractivity contribution is -0.141. The van der Waals surface area contributed by atoms with Crippen molar-refractivity contribution >= 4 is 23.5 Å². The molecule has 1 amide bonds. The van der Waals surface area contributed by atoms with Crippen molar-refractivity contribution in [2.24, 2.45) is 5.92 Å². The molecule has 21 heavy (non-hydrogen) atoms. The van der Waals surface area contributed by atoms with Gasteiger partial charge in [-0.25, -0.2) is 0 Å². The molecule has 0 aliphatic carbocycles.